The first-order chi connectivity index (χ1) is 15.0. The van der Waals surface area contributed by atoms with E-state index in [1.807, 2.05) is 42.7 Å². The van der Waals surface area contributed by atoms with E-state index < -0.39 is 0 Å². The van der Waals surface area contributed by atoms with E-state index >= 15 is 0 Å². The normalized spacial score (nSPS) is 15.7. The van der Waals surface area contributed by atoms with Crippen molar-refractivity contribution in [1.29, 1.82) is 5.26 Å². The second kappa shape index (κ2) is 8.99. The van der Waals surface area contributed by atoms with Gasteiger partial charge in [0, 0.05) is 22.3 Å². The Morgan fingerprint density at radius 2 is 2.13 bits per heavy atom. The van der Waals surface area contributed by atoms with Crippen molar-refractivity contribution < 1.29 is 9.53 Å². The van der Waals surface area contributed by atoms with Crippen LogP contribution in [0.15, 0.2) is 28.7 Å². The van der Waals surface area contributed by atoms with Crippen molar-refractivity contribution in [2.24, 2.45) is 0 Å². The highest BCUT2D eigenvalue weighted by molar-refractivity contribution is 9.10. The van der Waals surface area contributed by atoms with E-state index in [4.69, 9.17) is 4.74 Å². The van der Waals surface area contributed by atoms with Gasteiger partial charge in [-0.25, -0.2) is 0 Å². The smallest absolute Gasteiger partial charge is 0.249 e. The van der Waals surface area contributed by atoms with Crippen LogP contribution >= 0.6 is 15.9 Å². The van der Waals surface area contributed by atoms with E-state index in [0.717, 1.165) is 40.7 Å². The Balaban J connectivity index is 1.51. The average Bonchev–Trinajstić information content (AvgIpc) is 3.47. The third-order valence-electron chi connectivity index (χ3n) is 5.45. The van der Waals surface area contributed by atoms with E-state index in [9.17, 15) is 10.1 Å². The summed E-state index contributed by atoms with van der Waals surface area (Å²) in [5, 5.41) is 24.8. The molecule has 31 heavy (non-hydrogen) atoms. The fourth-order valence-electron chi connectivity index (χ4n) is 3.68. The van der Waals surface area contributed by atoms with Gasteiger partial charge in [0.15, 0.2) is 0 Å². The molecule has 1 fully saturated rings. The lowest BCUT2D eigenvalue weighted by molar-refractivity contribution is -0.117. The maximum Gasteiger partial charge on any atom is 0.249 e. The first-order valence-electron chi connectivity index (χ1n) is 10.0. The van der Waals surface area contributed by atoms with Gasteiger partial charge in [-0.05, 0) is 61.7 Å². The molecule has 0 bridgehead atoms. The van der Waals surface area contributed by atoms with Crippen LogP contribution in [0.4, 0.5) is 5.82 Å². The Hall–Kier alpha value is -3.03. The van der Waals surface area contributed by atoms with Crippen LogP contribution in [0.1, 0.15) is 29.7 Å². The number of nitrogens with zero attached hydrogens (tertiary/aromatic N) is 6. The minimum Gasteiger partial charge on any atom is -0.376 e. The molecule has 3 heterocycles. The quantitative estimate of drug-likeness (QED) is 0.576. The van der Waals surface area contributed by atoms with Crippen LogP contribution < -0.4 is 5.32 Å². The number of anilines is 1. The summed E-state index contributed by atoms with van der Waals surface area (Å²) in [6, 6.07) is 9.73. The van der Waals surface area contributed by atoms with E-state index in [2.05, 4.69) is 42.7 Å². The molecular weight excluding hydrogens is 462 g/mol. The van der Waals surface area contributed by atoms with Gasteiger partial charge in [0.1, 0.15) is 18.4 Å². The summed E-state index contributed by atoms with van der Waals surface area (Å²) < 4.78 is 8.66. The molecule has 0 aliphatic carbocycles. The van der Waals surface area contributed by atoms with E-state index in [-0.39, 0.29) is 18.6 Å². The van der Waals surface area contributed by atoms with Crippen LogP contribution in [0.25, 0.3) is 11.4 Å². The number of nitrogens with one attached hydrogen (secondary N) is 1. The number of hydrogen-bond acceptors (Lipinski definition) is 6. The van der Waals surface area contributed by atoms with Gasteiger partial charge in [-0.2, -0.15) is 10.1 Å². The first kappa shape index (κ1) is 21.2. The van der Waals surface area contributed by atoms with Gasteiger partial charge in [-0.1, -0.05) is 15.9 Å². The fourth-order valence-corrected chi connectivity index (χ4v) is 3.94. The molecule has 0 radical (unpaired) electrons. The van der Waals surface area contributed by atoms with Crippen LogP contribution in [-0.4, -0.2) is 43.4 Å². The minimum atomic E-state index is -0.331. The van der Waals surface area contributed by atoms with Crippen molar-refractivity contribution in [3.63, 3.8) is 0 Å². The van der Waals surface area contributed by atoms with Gasteiger partial charge >= 0.3 is 0 Å². The van der Waals surface area contributed by atoms with Crippen molar-refractivity contribution in [3.05, 3.63) is 45.6 Å². The lowest BCUT2D eigenvalue weighted by Gasteiger charge is -2.16. The molecule has 3 aromatic rings. The molecule has 1 aliphatic rings. The van der Waals surface area contributed by atoms with Gasteiger partial charge in [0.2, 0.25) is 11.7 Å². The summed E-state index contributed by atoms with van der Waals surface area (Å²) in [5.41, 5.74) is 3.07. The zero-order valence-electron chi connectivity index (χ0n) is 17.3. The van der Waals surface area contributed by atoms with Gasteiger partial charge in [-0.3, -0.25) is 4.79 Å². The van der Waals surface area contributed by atoms with E-state index in [1.165, 1.54) is 4.80 Å². The predicted octanol–water partition coefficient (Wildman–Crippen LogP) is 3.21. The number of hydrogen-bond donors (Lipinski definition) is 1. The molecule has 1 aromatic carbocycles. The van der Waals surface area contributed by atoms with Crippen LogP contribution in [-0.2, 0) is 22.6 Å². The maximum absolute atomic E-state index is 12.8. The van der Waals surface area contributed by atoms with Gasteiger partial charge < -0.3 is 14.6 Å². The monoisotopic (exact) mass is 483 g/mol. The van der Waals surface area contributed by atoms with Crippen LogP contribution in [0.2, 0.25) is 0 Å². The molecule has 10 heteroatoms. The molecule has 0 saturated carbocycles. The molecule has 1 unspecified atom stereocenters. The fraction of sp³-hybridized carbons (Fsp3) is 0.381. The molecule has 9 nitrogen and oxygen atoms in total. The van der Waals surface area contributed by atoms with E-state index in [1.54, 1.807) is 0 Å². The number of aromatic nitrogens is 5. The maximum atomic E-state index is 12.8. The number of carbonyl (C=O) groups excluding carboxylic acids is 1. The summed E-state index contributed by atoms with van der Waals surface area (Å²) in [5.74, 6) is 0.597. The Labute approximate surface area is 188 Å². The number of halogens is 1. The second-order valence-corrected chi connectivity index (χ2v) is 8.41. The van der Waals surface area contributed by atoms with Crippen molar-refractivity contribution in [1.82, 2.24) is 24.8 Å². The summed E-state index contributed by atoms with van der Waals surface area (Å²) in [4.78, 5) is 14.0. The van der Waals surface area contributed by atoms with Crippen LogP contribution in [0.3, 0.4) is 0 Å². The lowest BCUT2D eigenvalue weighted by atomic mass is 10.2. The zero-order valence-corrected chi connectivity index (χ0v) is 18.9. The molecule has 1 amide bonds. The largest absolute Gasteiger partial charge is 0.376 e. The van der Waals surface area contributed by atoms with Gasteiger partial charge in [0.05, 0.1) is 18.2 Å². The number of carbonyl (C=O) groups is 1. The Morgan fingerprint density at radius 3 is 2.81 bits per heavy atom. The summed E-state index contributed by atoms with van der Waals surface area (Å²) in [6.07, 6.45) is 2.07. The molecule has 0 spiro atoms. The number of rotatable bonds is 6. The number of amides is 1. The average molecular weight is 484 g/mol. The van der Waals surface area contributed by atoms with Crippen LogP contribution in [0, 0.1) is 25.2 Å². The summed E-state index contributed by atoms with van der Waals surface area (Å²) in [7, 11) is 0. The van der Waals surface area contributed by atoms with Gasteiger partial charge in [0.25, 0.3) is 0 Å². The SMILES string of the molecule is Cc1c(C#N)c(NC(=O)Cn2nnc(-c3ccc(Br)cc3)n2)n(CC2CCCO2)c1C. The molecule has 160 valence electrons. The predicted molar refractivity (Wildman–Crippen MR) is 117 cm³/mol. The summed E-state index contributed by atoms with van der Waals surface area (Å²) in [6.45, 7) is 5.07. The Kier molecular flexibility index (Phi) is 6.15. The highest BCUT2D eigenvalue weighted by Gasteiger charge is 2.24. The first-order valence-corrected chi connectivity index (χ1v) is 10.8. The minimum absolute atomic E-state index is 0.0816. The van der Waals surface area contributed by atoms with Crippen molar-refractivity contribution in [2.45, 2.75) is 45.9 Å². The van der Waals surface area contributed by atoms with Crippen molar-refractivity contribution in [3.8, 4) is 17.5 Å². The van der Waals surface area contributed by atoms with E-state index in [0.29, 0.717) is 23.8 Å². The number of ether oxygens (including phenoxy) is 1. The van der Waals surface area contributed by atoms with Crippen molar-refractivity contribution in [2.75, 3.05) is 11.9 Å². The van der Waals surface area contributed by atoms with Crippen molar-refractivity contribution >= 4 is 27.7 Å². The molecule has 4 rings (SSSR count). The Morgan fingerprint density at radius 1 is 1.35 bits per heavy atom. The number of tetrazole rings is 1. The molecule has 1 aliphatic heterocycles. The number of benzene rings is 1. The standard InChI is InChI=1S/C21H22BrN7O2/c1-13-14(2)28(11-17-4-3-9-31-17)21(18(13)10-23)24-19(30)12-29-26-20(25-27-29)15-5-7-16(22)8-6-15/h5-8,17H,3-4,9,11-12H2,1-2H3,(H,24,30). The molecule has 1 saturated heterocycles. The summed E-state index contributed by atoms with van der Waals surface area (Å²) >= 11 is 3.39. The number of nitriles is 1. The molecule has 1 atom stereocenters. The Bertz CT molecular complexity index is 1140. The molecule has 2 aromatic heterocycles. The molecule has 1 N–H and O–H groups in total. The highest BCUT2D eigenvalue weighted by atomic mass is 79.9. The van der Waals surface area contributed by atoms with Gasteiger partial charge in [-0.15, -0.1) is 10.2 Å². The third kappa shape index (κ3) is 4.52. The second-order valence-electron chi connectivity index (χ2n) is 7.49. The lowest BCUT2D eigenvalue weighted by Crippen LogP contribution is -2.24. The topological polar surface area (TPSA) is 111 Å². The highest BCUT2D eigenvalue weighted by Crippen LogP contribution is 2.28. The van der Waals surface area contributed by atoms with Crippen LogP contribution in [0.5, 0.6) is 0 Å². The molecular formula is C21H22BrN7O2. The zero-order chi connectivity index (χ0) is 22.0. The third-order valence-corrected chi connectivity index (χ3v) is 5.98.